The number of likely N-dealkylation sites (tertiary alicyclic amines) is 1. The van der Waals surface area contributed by atoms with Gasteiger partial charge in [-0.2, -0.15) is 0 Å². The summed E-state index contributed by atoms with van der Waals surface area (Å²) in [6.07, 6.45) is 2.91. The third kappa shape index (κ3) is 4.64. The number of carbonyl (C=O) groups is 3. The lowest BCUT2D eigenvalue weighted by molar-refractivity contribution is -0.143. The van der Waals surface area contributed by atoms with Crippen LogP contribution in [-0.2, 0) is 16.1 Å². The van der Waals surface area contributed by atoms with Crippen LogP contribution in [0.3, 0.4) is 0 Å². The van der Waals surface area contributed by atoms with Gasteiger partial charge in [-0.1, -0.05) is 48.5 Å². The van der Waals surface area contributed by atoms with E-state index in [9.17, 15) is 19.5 Å². The summed E-state index contributed by atoms with van der Waals surface area (Å²) in [5.41, 5.74) is 4.61. The molecule has 2 heterocycles. The molecule has 0 bridgehead atoms. The van der Waals surface area contributed by atoms with E-state index < -0.39 is 18.1 Å². The van der Waals surface area contributed by atoms with Gasteiger partial charge >= 0.3 is 12.1 Å². The number of carboxylic acid groups (broad SMARTS) is 1. The van der Waals surface area contributed by atoms with Gasteiger partial charge in [0.1, 0.15) is 22.5 Å². The number of carbonyl (C=O) groups excluding carboxylic acids is 2. The summed E-state index contributed by atoms with van der Waals surface area (Å²) in [7, 11) is 0. The standard InChI is InChI=1S/C26H25N3O5S/c30-24(29-12-6-5-11-21(29)25(31)32)22-13-27-23(35-22)14-28-26(33)34-15-20-18-9-3-1-7-16(18)17-8-2-4-10-19(17)20/h1-4,7-10,13,20-21H,5-6,11-12,14-15H2,(H,28,33)(H,31,32)/t21-/m1/s1. The van der Waals surface area contributed by atoms with Crippen molar-refractivity contribution in [3.63, 3.8) is 0 Å². The van der Waals surface area contributed by atoms with Gasteiger partial charge in [-0.15, -0.1) is 11.3 Å². The Morgan fingerprint density at radius 3 is 2.43 bits per heavy atom. The molecule has 2 aliphatic rings. The van der Waals surface area contributed by atoms with Gasteiger partial charge in [-0.05, 0) is 41.5 Å². The van der Waals surface area contributed by atoms with Crippen LogP contribution in [0.2, 0.25) is 0 Å². The predicted octanol–water partition coefficient (Wildman–Crippen LogP) is 4.26. The number of hydrogen-bond donors (Lipinski definition) is 2. The molecule has 2 aromatic carbocycles. The molecule has 1 aliphatic heterocycles. The first-order valence-corrected chi connectivity index (χ1v) is 12.4. The SMILES string of the molecule is O=C(NCc1ncc(C(=O)N2CCCC[C@@H]2C(=O)O)s1)OCC1c2ccccc2-c2ccccc21. The minimum atomic E-state index is -0.986. The van der Waals surface area contributed by atoms with Crippen molar-refractivity contribution in [2.24, 2.45) is 0 Å². The topological polar surface area (TPSA) is 109 Å². The van der Waals surface area contributed by atoms with Crippen LogP contribution in [0.25, 0.3) is 11.1 Å². The molecule has 1 aromatic heterocycles. The summed E-state index contributed by atoms with van der Waals surface area (Å²) in [4.78, 5) is 42.7. The summed E-state index contributed by atoms with van der Waals surface area (Å²) in [6, 6.07) is 15.5. The molecule has 2 N–H and O–H groups in total. The Balaban J connectivity index is 1.17. The second kappa shape index (κ2) is 9.87. The lowest BCUT2D eigenvalue weighted by Crippen LogP contribution is -2.47. The maximum atomic E-state index is 12.8. The smallest absolute Gasteiger partial charge is 0.407 e. The van der Waals surface area contributed by atoms with E-state index in [0.717, 1.165) is 46.4 Å². The van der Waals surface area contributed by atoms with E-state index in [1.807, 2.05) is 24.3 Å². The highest BCUT2D eigenvalue weighted by molar-refractivity contribution is 7.13. The number of benzene rings is 2. The Morgan fingerprint density at radius 1 is 1.06 bits per heavy atom. The van der Waals surface area contributed by atoms with Crippen molar-refractivity contribution in [1.29, 1.82) is 0 Å². The zero-order valence-corrected chi connectivity index (χ0v) is 19.8. The summed E-state index contributed by atoms with van der Waals surface area (Å²) >= 11 is 1.15. The van der Waals surface area contributed by atoms with Gasteiger partial charge in [0.15, 0.2) is 0 Å². The molecule has 35 heavy (non-hydrogen) atoms. The number of rotatable bonds is 6. The van der Waals surface area contributed by atoms with Crippen LogP contribution in [0.1, 0.15) is 51.0 Å². The summed E-state index contributed by atoms with van der Waals surface area (Å²) in [5, 5.41) is 12.7. The first kappa shape index (κ1) is 23.0. The van der Waals surface area contributed by atoms with Crippen molar-refractivity contribution in [2.45, 2.75) is 37.8 Å². The van der Waals surface area contributed by atoms with Crippen LogP contribution in [0, 0.1) is 0 Å². The van der Waals surface area contributed by atoms with E-state index in [2.05, 4.69) is 34.6 Å². The highest BCUT2D eigenvalue weighted by atomic mass is 32.1. The lowest BCUT2D eigenvalue weighted by atomic mass is 9.98. The monoisotopic (exact) mass is 491 g/mol. The molecule has 3 aromatic rings. The maximum absolute atomic E-state index is 12.8. The Labute approximate surface area is 206 Å². The molecule has 2 amide bonds. The average molecular weight is 492 g/mol. The van der Waals surface area contributed by atoms with E-state index >= 15 is 0 Å². The summed E-state index contributed by atoms with van der Waals surface area (Å²) in [5.74, 6) is -1.34. The Bertz CT molecular complexity index is 1230. The van der Waals surface area contributed by atoms with Gasteiger partial charge in [-0.25, -0.2) is 14.6 Å². The fourth-order valence-electron chi connectivity index (χ4n) is 4.86. The number of aliphatic carboxylic acids is 1. The molecule has 5 rings (SSSR count). The molecule has 8 nitrogen and oxygen atoms in total. The number of fused-ring (bicyclic) bond motifs is 3. The minimum Gasteiger partial charge on any atom is -0.480 e. The number of nitrogens with one attached hydrogen (secondary N) is 1. The lowest BCUT2D eigenvalue weighted by Gasteiger charge is -2.32. The highest BCUT2D eigenvalue weighted by Crippen LogP contribution is 2.44. The number of carboxylic acids is 1. The molecule has 180 valence electrons. The van der Waals surface area contributed by atoms with Crippen molar-refractivity contribution in [2.75, 3.05) is 13.2 Å². The highest BCUT2D eigenvalue weighted by Gasteiger charge is 2.33. The van der Waals surface area contributed by atoms with Gasteiger partial charge in [-0.3, -0.25) is 4.79 Å². The molecule has 1 fully saturated rings. The molecular formula is C26H25N3O5S. The number of nitrogens with zero attached hydrogens (tertiary/aromatic N) is 2. The number of piperidine rings is 1. The predicted molar refractivity (Wildman–Crippen MR) is 130 cm³/mol. The Morgan fingerprint density at radius 2 is 1.74 bits per heavy atom. The van der Waals surface area contributed by atoms with Crippen molar-refractivity contribution in [3.8, 4) is 11.1 Å². The molecular weight excluding hydrogens is 466 g/mol. The van der Waals surface area contributed by atoms with Crippen LogP contribution in [0.4, 0.5) is 4.79 Å². The number of thiazole rings is 1. The van der Waals surface area contributed by atoms with Crippen LogP contribution in [-0.4, -0.2) is 52.2 Å². The number of amides is 2. The first-order chi connectivity index (χ1) is 17.0. The van der Waals surface area contributed by atoms with Gasteiger partial charge in [0.2, 0.25) is 0 Å². The van der Waals surface area contributed by atoms with E-state index in [-0.39, 0.29) is 25.0 Å². The maximum Gasteiger partial charge on any atom is 0.407 e. The molecule has 0 saturated carbocycles. The van der Waals surface area contributed by atoms with E-state index in [4.69, 9.17) is 4.74 Å². The third-order valence-electron chi connectivity index (χ3n) is 6.54. The summed E-state index contributed by atoms with van der Waals surface area (Å²) < 4.78 is 5.54. The van der Waals surface area contributed by atoms with Crippen LogP contribution in [0.15, 0.2) is 54.7 Å². The van der Waals surface area contributed by atoms with Crippen LogP contribution >= 0.6 is 11.3 Å². The zero-order chi connectivity index (χ0) is 24.4. The van der Waals surface area contributed by atoms with E-state index in [1.165, 1.54) is 11.1 Å². The number of alkyl carbamates (subject to hydrolysis) is 1. The first-order valence-electron chi connectivity index (χ1n) is 11.6. The molecule has 1 atom stereocenters. The van der Waals surface area contributed by atoms with Crippen LogP contribution < -0.4 is 5.32 Å². The second-order valence-electron chi connectivity index (χ2n) is 8.65. The molecule has 1 aliphatic carbocycles. The van der Waals surface area contributed by atoms with Crippen LogP contribution in [0.5, 0.6) is 0 Å². The van der Waals surface area contributed by atoms with Crippen molar-refractivity contribution < 1.29 is 24.2 Å². The third-order valence-corrected chi connectivity index (χ3v) is 7.53. The molecule has 0 spiro atoms. The van der Waals surface area contributed by atoms with Gasteiger partial charge in [0, 0.05) is 12.5 Å². The van der Waals surface area contributed by atoms with Crippen molar-refractivity contribution >= 4 is 29.3 Å². The summed E-state index contributed by atoms with van der Waals surface area (Å²) in [6.45, 7) is 0.755. The molecule has 0 radical (unpaired) electrons. The van der Waals surface area contributed by atoms with Crippen molar-refractivity contribution in [1.82, 2.24) is 15.2 Å². The Kier molecular flexibility index (Phi) is 6.50. The van der Waals surface area contributed by atoms with Gasteiger partial charge in [0.25, 0.3) is 5.91 Å². The van der Waals surface area contributed by atoms with Gasteiger partial charge in [0.05, 0.1) is 12.7 Å². The van der Waals surface area contributed by atoms with E-state index in [1.54, 1.807) is 0 Å². The van der Waals surface area contributed by atoms with E-state index in [0.29, 0.717) is 22.9 Å². The fraction of sp³-hybridized carbons (Fsp3) is 0.308. The fourth-order valence-corrected chi connectivity index (χ4v) is 5.67. The van der Waals surface area contributed by atoms with Crippen molar-refractivity contribution in [3.05, 3.63) is 75.7 Å². The quantitative estimate of drug-likeness (QED) is 0.533. The number of ether oxygens (including phenoxy) is 1. The molecule has 9 heteroatoms. The molecule has 0 unspecified atom stereocenters. The molecule has 1 saturated heterocycles. The normalized spacial score (nSPS) is 16.9. The average Bonchev–Trinajstić information content (AvgIpc) is 3.49. The number of hydrogen-bond acceptors (Lipinski definition) is 6. The number of aromatic nitrogens is 1. The Hall–Kier alpha value is -3.72. The van der Waals surface area contributed by atoms with Gasteiger partial charge < -0.3 is 20.1 Å². The minimum absolute atomic E-state index is 0.0241. The largest absolute Gasteiger partial charge is 0.480 e. The zero-order valence-electron chi connectivity index (χ0n) is 19.0. The second-order valence-corrected chi connectivity index (χ2v) is 9.76.